The number of hydrogen-bond acceptors (Lipinski definition) is 2. The summed E-state index contributed by atoms with van der Waals surface area (Å²) in [5.74, 6) is -1.03. The van der Waals surface area contributed by atoms with Gasteiger partial charge in [0.2, 0.25) is 0 Å². The Morgan fingerprint density at radius 1 is 1.31 bits per heavy atom. The van der Waals surface area contributed by atoms with Gasteiger partial charge in [0.1, 0.15) is 11.6 Å². The molecule has 16 heavy (non-hydrogen) atoms. The van der Waals surface area contributed by atoms with Crippen LogP contribution in [-0.2, 0) is 0 Å². The van der Waals surface area contributed by atoms with E-state index in [9.17, 15) is 8.78 Å². The normalized spacial score (nSPS) is 13.1. The summed E-state index contributed by atoms with van der Waals surface area (Å²) in [6.45, 7) is 0.577. The third-order valence-corrected chi connectivity index (χ3v) is 2.63. The lowest BCUT2D eigenvalue weighted by Crippen LogP contribution is -2.22. The first kappa shape index (κ1) is 13.1. The molecule has 0 aliphatic heterocycles. The minimum Gasteiger partial charge on any atom is -0.330 e. The molecule has 0 aromatic heterocycles. The predicted molar refractivity (Wildman–Crippen MR) is 61.1 cm³/mol. The third-order valence-electron chi connectivity index (χ3n) is 2.63. The van der Waals surface area contributed by atoms with Crippen molar-refractivity contribution < 1.29 is 8.78 Å². The van der Waals surface area contributed by atoms with Crippen LogP contribution in [0.4, 0.5) is 8.78 Å². The highest BCUT2D eigenvalue weighted by molar-refractivity contribution is 5.22. The zero-order valence-electron chi connectivity index (χ0n) is 9.71. The van der Waals surface area contributed by atoms with E-state index < -0.39 is 11.6 Å². The Labute approximate surface area is 95.1 Å². The molecule has 1 atom stereocenters. The number of nitrogens with zero attached hydrogens (tertiary/aromatic N) is 1. The first-order valence-electron chi connectivity index (χ1n) is 5.37. The average Bonchev–Trinajstić information content (AvgIpc) is 2.20. The maximum absolute atomic E-state index is 13.6. The quantitative estimate of drug-likeness (QED) is 0.838. The van der Waals surface area contributed by atoms with E-state index in [0.717, 1.165) is 18.9 Å². The molecule has 0 saturated carbocycles. The molecule has 0 aliphatic carbocycles. The molecule has 0 spiro atoms. The van der Waals surface area contributed by atoms with E-state index in [1.807, 2.05) is 19.0 Å². The molecule has 0 bridgehead atoms. The zero-order chi connectivity index (χ0) is 12.1. The van der Waals surface area contributed by atoms with Gasteiger partial charge in [0, 0.05) is 17.7 Å². The number of halogens is 2. The lowest BCUT2D eigenvalue weighted by molar-refractivity contribution is 0.273. The van der Waals surface area contributed by atoms with Crippen molar-refractivity contribution in [2.45, 2.75) is 18.9 Å². The van der Waals surface area contributed by atoms with Crippen LogP contribution in [0.1, 0.15) is 24.4 Å². The molecule has 2 nitrogen and oxygen atoms in total. The van der Waals surface area contributed by atoms with Crippen LogP contribution in [-0.4, -0.2) is 25.5 Å². The van der Waals surface area contributed by atoms with Crippen molar-refractivity contribution in [3.8, 4) is 0 Å². The molecule has 0 aliphatic rings. The summed E-state index contributed by atoms with van der Waals surface area (Å²) in [4.78, 5) is 1.92. The van der Waals surface area contributed by atoms with Crippen LogP contribution in [0.3, 0.4) is 0 Å². The second-order valence-corrected chi connectivity index (χ2v) is 4.08. The van der Waals surface area contributed by atoms with Crippen molar-refractivity contribution in [3.63, 3.8) is 0 Å². The Bertz CT molecular complexity index is 340. The van der Waals surface area contributed by atoms with E-state index in [2.05, 4.69) is 0 Å². The smallest absolute Gasteiger partial charge is 0.130 e. The van der Waals surface area contributed by atoms with Gasteiger partial charge < -0.3 is 10.6 Å². The summed E-state index contributed by atoms with van der Waals surface area (Å²) in [5, 5.41) is 0. The van der Waals surface area contributed by atoms with Crippen molar-refractivity contribution in [2.24, 2.45) is 5.73 Å². The minimum absolute atomic E-state index is 0.0517. The van der Waals surface area contributed by atoms with E-state index in [4.69, 9.17) is 5.73 Å². The van der Waals surface area contributed by atoms with E-state index in [0.29, 0.717) is 12.1 Å². The summed E-state index contributed by atoms with van der Waals surface area (Å²) in [6.07, 6.45) is 1.59. The van der Waals surface area contributed by atoms with E-state index in [-0.39, 0.29) is 6.04 Å². The lowest BCUT2D eigenvalue weighted by Gasteiger charge is -2.25. The molecular formula is C12H18F2N2. The van der Waals surface area contributed by atoms with Crippen molar-refractivity contribution >= 4 is 0 Å². The Hall–Kier alpha value is -1.00. The fraction of sp³-hybridized carbons (Fsp3) is 0.500. The van der Waals surface area contributed by atoms with Crippen LogP contribution < -0.4 is 5.73 Å². The summed E-state index contributed by atoms with van der Waals surface area (Å²) >= 11 is 0. The number of nitrogens with two attached hydrogens (primary N) is 1. The maximum Gasteiger partial charge on any atom is 0.130 e. The Balaban J connectivity index is 2.92. The zero-order valence-corrected chi connectivity index (χ0v) is 9.71. The molecule has 0 heterocycles. The molecule has 1 unspecified atom stereocenters. The Kier molecular flexibility index (Phi) is 4.83. The van der Waals surface area contributed by atoms with Crippen LogP contribution in [0.25, 0.3) is 0 Å². The van der Waals surface area contributed by atoms with Crippen LogP contribution in [0.2, 0.25) is 0 Å². The topological polar surface area (TPSA) is 29.3 Å². The van der Waals surface area contributed by atoms with Crippen LogP contribution in [0.15, 0.2) is 18.2 Å². The van der Waals surface area contributed by atoms with E-state index in [1.54, 1.807) is 0 Å². The molecule has 0 radical (unpaired) electrons. The highest BCUT2D eigenvalue weighted by Crippen LogP contribution is 2.26. The second kappa shape index (κ2) is 5.92. The SMILES string of the molecule is CN(C)C(CCCN)c1ccc(F)cc1F. The molecular weight excluding hydrogens is 210 g/mol. The molecule has 4 heteroatoms. The largest absolute Gasteiger partial charge is 0.330 e. The number of hydrogen-bond donors (Lipinski definition) is 1. The fourth-order valence-electron chi connectivity index (χ4n) is 1.77. The first-order valence-corrected chi connectivity index (χ1v) is 5.37. The van der Waals surface area contributed by atoms with Gasteiger partial charge in [-0.3, -0.25) is 0 Å². The number of rotatable bonds is 5. The van der Waals surface area contributed by atoms with Crippen LogP contribution >= 0.6 is 0 Å². The molecule has 1 rings (SSSR count). The average molecular weight is 228 g/mol. The molecule has 90 valence electrons. The monoisotopic (exact) mass is 228 g/mol. The summed E-state index contributed by atoms with van der Waals surface area (Å²) in [7, 11) is 3.76. The molecule has 0 saturated heterocycles. The van der Waals surface area contributed by atoms with Gasteiger partial charge in [0.05, 0.1) is 0 Å². The molecule has 0 amide bonds. The summed E-state index contributed by atoms with van der Waals surface area (Å²) in [5.41, 5.74) is 5.97. The van der Waals surface area contributed by atoms with Crippen molar-refractivity contribution in [3.05, 3.63) is 35.4 Å². The second-order valence-electron chi connectivity index (χ2n) is 4.08. The molecule has 1 aromatic carbocycles. The van der Waals surface area contributed by atoms with Crippen molar-refractivity contribution in [1.29, 1.82) is 0 Å². The van der Waals surface area contributed by atoms with Crippen LogP contribution in [0.5, 0.6) is 0 Å². The van der Waals surface area contributed by atoms with Gasteiger partial charge >= 0.3 is 0 Å². The molecule has 2 N–H and O–H groups in total. The van der Waals surface area contributed by atoms with Crippen LogP contribution in [0, 0.1) is 11.6 Å². The minimum atomic E-state index is -0.544. The van der Waals surface area contributed by atoms with Gasteiger partial charge in [-0.1, -0.05) is 6.07 Å². The first-order chi connectivity index (χ1) is 7.56. The van der Waals surface area contributed by atoms with Crippen molar-refractivity contribution in [2.75, 3.05) is 20.6 Å². The van der Waals surface area contributed by atoms with Gasteiger partial charge in [0.15, 0.2) is 0 Å². The highest BCUT2D eigenvalue weighted by Gasteiger charge is 2.17. The Morgan fingerprint density at radius 2 is 2.00 bits per heavy atom. The van der Waals surface area contributed by atoms with Gasteiger partial charge in [0.25, 0.3) is 0 Å². The summed E-state index contributed by atoms with van der Waals surface area (Å²) in [6, 6.07) is 3.67. The standard InChI is InChI=1S/C12H18F2N2/c1-16(2)12(4-3-7-15)10-6-5-9(13)8-11(10)14/h5-6,8,12H,3-4,7,15H2,1-2H3. The predicted octanol–water partition coefficient (Wildman–Crippen LogP) is 2.31. The fourth-order valence-corrected chi connectivity index (χ4v) is 1.77. The highest BCUT2D eigenvalue weighted by atomic mass is 19.1. The summed E-state index contributed by atoms with van der Waals surface area (Å²) < 4.78 is 26.4. The third kappa shape index (κ3) is 3.25. The lowest BCUT2D eigenvalue weighted by atomic mass is 10.0. The molecule has 0 fully saturated rings. The number of benzene rings is 1. The van der Waals surface area contributed by atoms with Gasteiger partial charge in [-0.25, -0.2) is 8.78 Å². The molecule has 1 aromatic rings. The van der Waals surface area contributed by atoms with Crippen molar-refractivity contribution in [1.82, 2.24) is 4.90 Å². The Morgan fingerprint density at radius 3 is 2.50 bits per heavy atom. The van der Waals surface area contributed by atoms with Gasteiger partial charge in [-0.15, -0.1) is 0 Å². The van der Waals surface area contributed by atoms with Gasteiger partial charge in [-0.2, -0.15) is 0 Å². The maximum atomic E-state index is 13.6. The van der Waals surface area contributed by atoms with Gasteiger partial charge in [-0.05, 0) is 39.5 Å². The van der Waals surface area contributed by atoms with E-state index in [1.165, 1.54) is 12.1 Å². The van der Waals surface area contributed by atoms with E-state index >= 15 is 0 Å².